The maximum Gasteiger partial charge on any atom is 0.271 e. The van der Waals surface area contributed by atoms with Crippen LogP contribution in [0.25, 0.3) is 0 Å². The van der Waals surface area contributed by atoms with Crippen LogP contribution in [-0.2, 0) is 10.5 Å². The summed E-state index contributed by atoms with van der Waals surface area (Å²) in [5.41, 5.74) is 0.165. The monoisotopic (exact) mass is 500 g/mol. The van der Waals surface area contributed by atoms with Crippen LogP contribution in [-0.4, -0.2) is 46.8 Å². The highest BCUT2D eigenvalue weighted by Gasteiger charge is 2.47. The van der Waals surface area contributed by atoms with Gasteiger partial charge in [-0.1, -0.05) is 15.9 Å². The maximum atomic E-state index is 13.4. The van der Waals surface area contributed by atoms with Gasteiger partial charge < -0.3 is 10.2 Å². The minimum absolute atomic E-state index is 0.165. The van der Waals surface area contributed by atoms with E-state index in [4.69, 9.17) is 5.26 Å². The number of thioether (sulfide) groups is 1. The molecule has 2 heterocycles. The van der Waals surface area contributed by atoms with Crippen LogP contribution in [0, 0.1) is 11.3 Å². The summed E-state index contributed by atoms with van der Waals surface area (Å²) in [6, 6.07) is 8.33. The molecule has 11 heteroatoms. The summed E-state index contributed by atoms with van der Waals surface area (Å²) in [7, 11) is 0. The number of nitriles is 1. The Bertz CT molecular complexity index is 946. The van der Waals surface area contributed by atoms with E-state index >= 15 is 0 Å². The van der Waals surface area contributed by atoms with Gasteiger partial charge in [0.05, 0.1) is 24.9 Å². The van der Waals surface area contributed by atoms with Gasteiger partial charge in [-0.05, 0) is 24.3 Å². The molecule has 0 spiro atoms. The first-order valence-electron chi connectivity index (χ1n) is 8.45. The predicted octanol–water partition coefficient (Wildman–Crippen LogP) is 3.69. The standard InChI is InChI=1S/C18H15BrF2N4O2S2/c19-11-1-3-13(4-2-11)28-9-15-24-14(8-29-15)17(27)23-7-16(26)25-10-18(20,21)5-12(25)6-22/h1-4,8,12H,5,7,9-10H2,(H,23,27)/t12-/m0/s1. The van der Waals surface area contributed by atoms with Crippen LogP contribution in [0.3, 0.4) is 0 Å². The number of benzene rings is 1. The van der Waals surface area contributed by atoms with Gasteiger partial charge in [0.25, 0.3) is 11.8 Å². The summed E-state index contributed by atoms with van der Waals surface area (Å²) >= 11 is 6.28. The number of hydrogen-bond donors (Lipinski definition) is 1. The number of nitrogens with one attached hydrogen (secondary N) is 1. The molecule has 1 saturated heterocycles. The molecule has 152 valence electrons. The summed E-state index contributed by atoms with van der Waals surface area (Å²) < 4.78 is 27.8. The molecule has 2 aromatic rings. The summed E-state index contributed by atoms with van der Waals surface area (Å²) in [6.45, 7) is -1.28. The number of aromatic nitrogens is 1. The van der Waals surface area contributed by atoms with Crippen molar-refractivity contribution in [2.45, 2.75) is 29.0 Å². The Labute approximate surface area is 182 Å². The van der Waals surface area contributed by atoms with Gasteiger partial charge in [0.15, 0.2) is 0 Å². The first kappa shape index (κ1) is 21.7. The molecular formula is C18H15BrF2N4O2S2. The van der Waals surface area contributed by atoms with Gasteiger partial charge in [-0.25, -0.2) is 13.8 Å². The lowest BCUT2D eigenvalue weighted by Crippen LogP contribution is -2.43. The maximum absolute atomic E-state index is 13.4. The molecule has 3 rings (SSSR count). The first-order valence-corrected chi connectivity index (χ1v) is 11.1. The lowest BCUT2D eigenvalue weighted by Gasteiger charge is -2.19. The fourth-order valence-electron chi connectivity index (χ4n) is 2.70. The minimum Gasteiger partial charge on any atom is -0.342 e. The molecular weight excluding hydrogens is 486 g/mol. The first-order chi connectivity index (χ1) is 13.8. The average Bonchev–Trinajstić information content (AvgIpc) is 3.29. The van der Waals surface area contributed by atoms with Crippen LogP contribution < -0.4 is 5.32 Å². The van der Waals surface area contributed by atoms with E-state index in [1.54, 1.807) is 23.2 Å². The molecule has 6 nitrogen and oxygen atoms in total. The van der Waals surface area contributed by atoms with Crippen molar-refractivity contribution in [1.29, 1.82) is 5.26 Å². The fourth-order valence-corrected chi connectivity index (χ4v) is 4.65. The zero-order valence-electron chi connectivity index (χ0n) is 14.9. The summed E-state index contributed by atoms with van der Waals surface area (Å²) in [5.74, 6) is -3.78. The molecule has 1 fully saturated rings. The number of rotatable bonds is 6. The third-order valence-electron chi connectivity index (χ3n) is 4.10. The van der Waals surface area contributed by atoms with Gasteiger partial charge in [-0.15, -0.1) is 23.1 Å². The van der Waals surface area contributed by atoms with E-state index in [1.165, 1.54) is 11.3 Å². The van der Waals surface area contributed by atoms with Crippen molar-refractivity contribution in [1.82, 2.24) is 15.2 Å². The van der Waals surface area contributed by atoms with Crippen molar-refractivity contribution >= 4 is 50.8 Å². The van der Waals surface area contributed by atoms with Gasteiger partial charge in [0.2, 0.25) is 5.91 Å². The number of alkyl halides is 2. The Hall–Kier alpha value is -2.03. The number of thiazole rings is 1. The number of nitrogens with zero attached hydrogens (tertiary/aromatic N) is 3. The van der Waals surface area contributed by atoms with Crippen LogP contribution in [0.4, 0.5) is 8.78 Å². The van der Waals surface area contributed by atoms with Gasteiger partial charge in [0.1, 0.15) is 16.7 Å². The van der Waals surface area contributed by atoms with E-state index in [0.29, 0.717) is 5.75 Å². The Balaban J connectivity index is 1.50. The second-order valence-electron chi connectivity index (χ2n) is 6.28. The highest BCUT2D eigenvalue weighted by Crippen LogP contribution is 2.31. The van der Waals surface area contributed by atoms with Crippen molar-refractivity contribution in [2.24, 2.45) is 0 Å². The molecule has 0 unspecified atom stereocenters. The van der Waals surface area contributed by atoms with Gasteiger partial charge >= 0.3 is 0 Å². The van der Waals surface area contributed by atoms with Crippen LogP contribution in [0.15, 0.2) is 39.0 Å². The SMILES string of the molecule is N#C[C@@H]1CC(F)(F)CN1C(=O)CNC(=O)c1csc(CSc2ccc(Br)cc2)n1. The van der Waals surface area contributed by atoms with Crippen molar-refractivity contribution in [3.63, 3.8) is 0 Å². The van der Waals surface area contributed by atoms with Crippen LogP contribution in [0.5, 0.6) is 0 Å². The lowest BCUT2D eigenvalue weighted by atomic mass is 10.2. The quantitative estimate of drug-likeness (QED) is 0.611. The van der Waals surface area contributed by atoms with E-state index in [9.17, 15) is 18.4 Å². The smallest absolute Gasteiger partial charge is 0.271 e. The Morgan fingerprint density at radius 3 is 2.83 bits per heavy atom. The average molecular weight is 501 g/mol. The fraction of sp³-hybridized carbons (Fsp3) is 0.333. The van der Waals surface area contributed by atoms with E-state index in [-0.39, 0.29) is 5.69 Å². The highest BCUT2D eigenvalue weighted by molar-refractivity contribution is 9.10. The Morgan fingerprint density at radius 2 is 2.14 bits per heavy atom. The van der Waals surface area contributed by atoms with Gasteiger partial charge in [-0.3, -0.25) is 9.59 Å². The van der Waals surface area contributed by atoms with Crippen LogP contribution in [0.2, 0.25) is 0 Å². The van der Waals surface area contributed by atoms with E-state index < -0.39 is 43.3 Å². The normalized spacial score (nSPS) is 17.7. The minimum atomic E-state index is -3.09. The summed E-state index contributed by atoms with van der Waals surface area (Å²) in [4.78, 5) is 30.5. The van der Waals surface area contributed by atoms with Crippen molar-refractivity contribution in [3.8, 4) is 6.07 Å². The number of carbonyl (C=O) groups is 2. The molecule has 1 aliphatic rings. The molecule has 0 bridgehead atoms. The number of carbonyl (C=O) groups excluding carboxylic acids is 2. The summed E-state index contributed by atoms with van der Waals surface area (Å²) in [6.07, 6.45) is -0.686. The van der Waals surface area contributed by atoms with Gasteiger partial charge in [-0.2, -0.15) is 5.26 Å². The van der Waals surface area contributed by atoms with Crippen molar-refractivity contribution < 1.29 is 18.4 Å². The van der Waals surface area contributed by atoms with Crippen molar-refractivity contribution in [2.75, 3.05) is 13.1 Å². The zero-order chi connectivity index (χ0) is 21.0. The lowest BCUT2D eigenvalue weighted by molar-refractivity contribution is -0.131. The predicted molar refractivity (Wildman–Crippen MR) is 109 cm³/mol. The van der Waals surface area contributed by atoms with Crippen LogP contribution in [0.1, 0.15) is 21.9 Å². The molecule has 0 aliphatic carbocycles. The van der Waals surface area contributed by atoms with Crippen molar-refractivity contribution in [3.05, 3.63) is 44.8 Å². The topological polar surface area (TPSA) is 86.1 Å². The van der Waals surface area contributed by atoms with E-state index in [2.05, 4.69) is 26.2 Å². The molecule has 1 aliphatic heterocycles. The Kier molecular flexibility index (Phi) is 6.87. The molecule has 1 aromatic heterocycles. The van der Waals surface area contributed by atoms with Crippen LogP contribution >= 0.6 is 39.0 Å². The number of hydrogen-bond acceptors (Lipinski definition) is 6. The summed E-state index contributed by atoms with van der Waals surface area (Å²) in [5, 5.41) is 13.7. The third-order valence-corrected chi connectivity index (χ3v) is 6.68. The number of amides is 2. The second kappa shape index (κ2) is 9.19. The third kappa shape index (κ3) is 5.74. The molecule has 0 radical (unpaired) electrons. The van der Waals surface area contributed by atoms with E-state index in [1.807, 2.05) is 24.3 Å². The molecule has 1 N–H and O–H groups in total. The second-order valence-corrected chi connectivity index (χ2v) is 9.19. The molecule has 29 heavy (non-hydrogen) atoms. The largest absolute Gasteiger partial charge is 0.342 e. The molecule has 1 aromatic carbocycles. The molecule has 2 amide bonds. The number of halogens is 3. The van der Waals surface area contributed by atoms with E-state index in [0.717, 1.165) is 19.3 Å². The zero-order valence-corrected chi connectivity index (χ0v) is 18.1. The molecule has 1 atom stereocenters. The highest BCUT2D eigenvalue weighted by atomic mass is 79.9. The van der Waals surface area contributed by atoms with Gasteiger partial charge in [0, 0.05) is 21.2 Å². The Morgan fingerprint density at radius 1 is 1.41 bits per heavy atom. The molecule has 0 saturated carbocycles. The number of likely N-dealkylation sites (tertiary alicyclic amines) is 1.